The molecule has 0 fully saturated rings. The number of hydrogen-bond acceptors (Lipinski definition) is 2. The van der Waals surface area contributed by atoms with Crippen LogP contribution in [0.3, 0.4) is 0 Å². The maximum absolute atomic E-state index is 10.2. The van der Waals surface area contributed by atoms with Crippen LogP contribution in [-0.2, 0) is 4.57 Å². The molecule has 0 aromatic heterocycles. The van der Waals surface area contributed by atoms with Crippen LogP contribution in [-0.4, -0.2) is 78.7 Å². The van der Waals surface area contributed by atoms with Crippen molar-refractivity contribution >= 4 is 7.14 Å². The molecule has 90 valence electrons. The molecule has 0 aliphatic carbocycles. The van der Waals surface area contributed by atoms with Crippen molar-refractivity contribution in [2.75, 3.05) is 69.3 Å². The lowest BCUT2D eigenvalue weighted by molar-refractivity contribution is -0.849. The normalized spacial score (nSPS) is 11.1. The molecule has 0 atom stereocenters. The van der Waals surface area contributed by atoms with Gasteiger partial charge in [-0.1, -0.05) is 0 Å². The lowest BCUT2D eigenvalue weighted by Crippen LogP contribution is -2.27. The van der Waals surface area contributed by atoms with Crippen LogP contribution in [0.5, 0.6) is 0 Å². The van der Waals surface area contributed by atoms with E-state index in [1.54, 1.807) is 20.0 Å². The van der Waals surface area contributed by atoms with Gasteiger partial charge >= 0.3 is 0 Å². The fourth-order valence-electron chi connectivity index (χ4n) is 0. The zero-order valence-electron chi connectivity index (χ0n) is 11.7. The van der Waals surface area contributed by atoms with E-state index in [0.29, 0.717) is 0 Å². The number of rotatable bonds is 0. The number of hydrogen-bond donors (Lipinski definition) is 0. The molecule has 0 aromatic carbocycles. The molecular weight excluding hydrogens is 195 g/mol. The highest BCUT2D eigenvalue weighted by Gasteiger charge is 1.89. The molecule has 14 heavy (non-hydrogen) atoms. The Morgan fingerprint density at radius 1 is 0.857 bits per heavy atom. The third-order valence-corrected chi connectivity index (χ3v) is 0. The first-order valence-electron chi connectivity index (χ1n) is 4.65. The molecule has 0 unspecified atom stereocenters. The summed E-state index contributed by atoms with van der Waals surface area (Å²) in [5.41, 5.74) is 0. The molecule has 0 amide bonds. The van der Waals surface area contributed by atoms with E-state index in [2.05, 4.69) is 28.2 Å². The van der Waals surface area contributed by atoms with Crippen LogP contribution >= 0.6 is 7.14 Å². The van der Waals surface area contributed by atoms with Crippen LogP contribution in [0.1, 0.15) is 0 Å². The monoisotopic (exact) mass is 225 g/mol. The van der Waals surface area contributed by atoms with E-state index in [-0.39, 0.29) is 0 Å². The minimum atomic E-state index is -1.64. The van der Waals surface area contributed by atoms with Gasteiger partial charge in [0.15, 0.2) is 0 Å². The van der Waals surface area contributed by atoms with Crippen molar-refractivity contribution < 1.29 is 9.05 Å². The van der Waals surface area contributed by atoms with Gasteiger partial charge < -0.3 is 13.9 Å². The Hall–Kier alpha value is 0.150. The van der Waals surface area contributed by atoms with Gasteiger partial charge in [0.2, 0.25) is 0 Å². The summed E-state index contributed by atoms with van der Waals surface area (Å²) in [6.45, 7) is 5.23. The maximum atomic E-state index is 10.2. The Balaban J connectivity index is -0.000000131. The molecule has 0 bridgehead atoms. The van der Waals surface area contributed by atoms with Gasteiger partial charge in [0.05, 0.1) is 35.3 Å². The fourth-order valence-corrected chi connectivity index (χ4v) is 0. The van der Waals surface area contributed by atoms with Gasteiger partial charge in [0.25, 0.3) is 0 Å². The van der Waals surface area contributed by atoms with Crippen LogP contribution in [0.4, 0.5) is 0 Å². The highest BCUT2D eigenvalue weighted by atomic mass is 31.2. The van der Waals surface area contributed by atoms with E-state index in [4.69, 9.17) is 0 Å². The van der Waals surface area contributed by atoms with Gasteiger partial charge in [0.1, 0.15) is 0 Å². The Morgan fingerprint density at radius 3 is 0.857 bits per heavy atom. The van der Waals surface area contributed by atoms with Crippen LogP contribution in [0.15, 0.2) is 0 Å². The fraction of sp³-hybridized carbons (Fsp3) is 1.00. The molecule has 3 nitrogen and oxygen atoms in total. The molecule has 0 heterocycles. The summed E-state index contributed by atoms with van der Waals surface area (Å²) in [5.74, 6) is 0. The SMILES string of the molecule is CN(C)C.CP(C)(C)=O.C[N+](C)(C)C. The predicted molar refractivity (Wildman–Crippen MR) is 68.9 cm³/mol. The van der Waals surface area contributed by atoms with Crippen LogP contribution in [0.2, 0.25) is 0 Å². The third-order valence-electron chi connectivity index (χ3n) is 0. The largest absolute Gasteiger partial charge is 0.333 e. The van der Waals surface area contributed by atoms with E-state index in [1.807, 2.05) is 26.0 Å². The predicted octanol–water partition coefficient (Wildman–Crippen LogP) is 1.74. The highest BCUT2D eigenvalue weighted by Crippen LogP contribution is 2.28. The molecular formula is C10H30N2OP+. The van der Waals surface area contributed by atoms with Crippen molar-refractivity contribution in [1.82, 2.24) is 4.90 Å². The Kier molecular flexibility index (Phi) is 11.9. The average molecular weight is 225 g/mol. The van der Waals surface area contributed by atoms with Crippen molar-refractivity contribution in [2.45, 2.75) is 0 Å². The summed E-state index contributed by atoms with van der Waals surface area (Å²) in [5, 5.41) is 0. The summed E-state index contributed by atoms with van der Waals surface area (Å²) >= 11 is 0. The molecule has 0 radical (unpaired) electrons. The topological polar surface area (TPSA) is 20.3 Å². The zero-order valence-corrected chi connectivity index (χ0v) is 12.6. The van der Waals surface area contributed by atoms with Gasteiger partial charge in [0, 0.05) is 0 Å². The molecule has 0 spiro atoms. The second-order valence-electron chi connectivity index (χ2n) is 5.91. The first kappa shape index (κ1) is 19.7. The van der Waals surface area contributed by atoms with E-state index in [1.165, 1.54) is 0 Å². The molecule has 0 saturated carbocycles. The molecule has 4 heteroatoms. The summed E-state index contributed by atoms with van der Waals surface area (Å²) in [7, 11) is 12.9. The quantitative estimate of drug-likeness (QED) is 0.462. The summed E-state index contributed by atoms with van der Waals surface area (Å²) in [4.78, 5) is 2.00. The van der Waals surface area contributed by atoms with E-state index < -0.39 is 7.14 Å². The standard InChI is InChI=1S/C4H12N.C3H9N.C3H9OP/c1-5(2,3)4;1-4(2)3;1-5(2,3)4/h1-4H3;1-3H3;1-3H3/q+1;;. The number of quaternary nitrogens is 1. The molecule has 0 aromatic rings. The van der Waals surface area contributed by atoms with E-state index >= 15 is 0 Å². The van der Waals surface area contributed by atoms with Crippen molar-refractivity contribution in [2.24, 2.45) is 0 Å². The van der Waals surface area contributed by atoms with Gasteiger partial charge in [-0.15, -0.1) is 0 Å². The number of nitrogens with zero attached hydrogens (tertiary/aromatic N) is 2. The minimum Gasteiger partial charge on any atom is -0.333 e. The molecule has 0 aliphatic heterocycles. The van der Waals surface area contributed by atoms with E-state index in [0.717, 1.165) is 4.48 Å². The molecule has 0 saturated heterocycles. The summed E-state index contributed by atoms with van der Waals surface area (Å²) < 4.78 is 11.2. The second kappa shape index (κ2) is 8.46. The van der Waals surface area contributed by atoms with Crippen molar-refractivity contribution in [3.63, 3.8) is 0 Å². The Labute approximate surface area is 91.1 Å². The second-order valence-corrected chi connectivity index (χ2v) is 9.69. The van der Waals surface area contributed by atoms with E-state index in [9.17, 15) is 4.57 Å². The molecule has 0 N–H and O–H groups in total. The summed E-state index contributed by atoms with van der Waals surface area (Å²) in [6, 6.07) is 0. The zero-order chi connectivity index (χ0) is 12.6. The van der Waals surface area contributed by atoms with Crippen LogP contribution in [0, 0.1) is 0 Å². The maximum Gasteiger partial charge on any atom is 0.0790 e. The smallest absolute Gasteiger partial charge is 0.0790 e. The molecule has 0 rings (SSSR count). The lowest BCUT2D eigenvalue weighted by Gasteiger charge is -2.14. The third kappa shape index (κ3) is 67100. The van der Waals surface area contributed by atoms with Crippen molar-refractivity contribution in [1.29, 1.82) is 0 Å². The van der Waals surface area contributed by atoms with Crippen LogP contribution in [0.25, 0.3) is 0 Å². The summed E-state index contributed by atoms with van der Waals surface area (Å²) in [6.07, 6.45) is 0. The first-order valence-corrected chi connectivity index (χ1v) is 7.70. The van der Waals surface area contributed by atoms with Crippen molar-refractivity contribution in [3.8, 4) is 0 Å². The first-order chi connectivity index (χ1) is 5.73. The van der Waals surface area contributed by atoms with Gasteiger partial charge in [-0.05, 0) is 41.1 Å². The van der Waals surface area contributed by atoms with Crippen molar-refractivity contribution in [3.05, 3.63) is 0 Å². The van der Waals surface area contributed by atoms with Crippen LogP contribution < -0.4 is 0 Å². The Bertz CT molecular complexity index is 139. The Morgan fingerprint density at radius 2 is 0.857 bits per heavy atom. The van der Waals surface area contributed by atoms with Gasteiger partial charge in [-0.25, -0.2) is 0 Å². The lowest BCUT2D eigenvalue weighted by atomic mass is 10.8. The minimum absolute atomic E-state index is 1.00. The molecule has 0 aliphatic rings. The van der Waals surface area contributed by atoms with Gasteiger partial charge in [-0.2, -0.15) is 0 Å². The highest BCUT2D eigenvalue weighted by molar-refractivity contribution is 7.61. The average Bonchev–Trinajstić information content (AvgIpc) is 1.45. The van der Waals surface area contributed by atoms with Gasteiger partial charge in [-0.3, -0.25) is 0 Å².